The fourth-order valence-electron chi connectivity index (χ4n) is 1.91. The van der Waals surface area contributed by atoms with Crippen molar-refractivity contribution in [3.63, 3.8) is 0 Å². The summed E-state index contributed by atoms with van der Waals surface area (Å²) in [6.07, 6.45) is 17.4. The molecule has 0 aromatic rings. The van der Waals surface area contributed by atoms with E-state index in [1.807, 2.05) is 0 Å². The zero-order valence-electron chi connectivity index (χ0n) is 10.9. The Kier molecular flexibility index (Phi) is 20.1. The summed E-state index contributed by atoms with van der Waals surface area (Å²) in [7, 11) is 0. The highest BCUT2D eigenvalue weighted by Crippen LogP contribution is 2.11. The van der Waals surface area contributed by atoms with Crippen molar-refractivity contribution in [1.82, 2.24) is 0 Å². The van der Waals surface area contributed by atoms with E-state index in [2.05, 4.69) is 13.8 Å². The molecule has 15 heavy (non-hydrogen) atoms. The quantitative estimate of drug-likeness (QED) is 0.390. The van der Waals surface area contributed by atoms with Gasteiger partial charge in [0, 0.05) is 0 Å². The molecule has 0 aromatic heterocycles. The van der Waals surface area contributed by atoms with Crippen molar-refractivity contribution in [2.45, 2.75) is 90.9 Å². The summed E-state index contributed by atoms with van der Waals surface area (Å²) in [4.78, 5) is 0. The fourth-order valence-corrected chi connectivity index (χ4v) is 1.91. The molecule has 0 amide bonds. The van der Waals surface area contributed by atoms with Gasteiger partial charge in [-0.25, -0.2) is 0 Å². The van der Waals surface area contributed by atoms with E-state index in [1.54, 1.807) is 0 Å². The van der Waals surface area contributed by atoms with Gasteiger partial charge < -0.3 is 0 Å². The topological polar surface area (TPSA) is 0 Å². The first-order valence-corrected chi connectivity index (χ1v) is 6.91. The lowest BCUT2D eigenvalue weighted by Crippen LogP contribution is -1.81. The van der Waals surface area contributed by atoms with Crippen molar-refractivity contribution >= 4 is 17.0 Å². The number of hydrogen-bond acceptors (Lipinski definition) is 0. The minimum Gasteiger partial charge on any atom is -0.114 e. The van der Waals surface area contributed by atoms with Crippen LogP contribution in [0, 0.1) is 0 Å². The van der Waals surface area contributed by atoms with Gasteiger partial charge in [0.25, 0.3) is 0 Å². The molecule has 0 aromatic carbocycles. The van der Waals surface area contributed by atoms with Gasteiger partial charge >= 0.3 is 0 Å². The second kappa shape index (κ2) is 16.9. The van der Waals surface area contributed by atoms with Gasteiger partial charge in [0.1, 0.15) is 0 Å². The molecule has 0 bridgehead atoms. The minimum absolute atomic E-state index is 0. The van der Waals surface area contributed by atoms with Gasteiger partial charge in [-0.1, -0.05) is 90.9 Å². The molecule has 0 fully saturated rings. The van der Waals surface area contributed by atoms with Crippen LogP contribution in [0.4, 0.5) is 0 Å². The van der Waals surface area contributed by atoms with E-state index in [4.69, 9.17) is 0 Å². The normalized spacial score (nSPS) is 10.0. The molecule has 0 radical (unpaired) electrons. The van der Waals surface area contributed by atoms with Gasteiger partial charge in [-0.3, -0.25) is 0 Å². The molecular formula is C14H31Br. The summed E-state index contributed by atoms with van der Waals surface area (Å²) in [6, 6.07) is 0. The molecule has 0 N–H and O–H groups in total. The molecule has 0 spiro atoms. The highest BCUT2D eigenvalue weighted by atomic mass is 79.9. The van der Waals surface area contributed by atoms with E-state index in [1.165, 1.54) is 77.0 Å². The third kappa shape index (κ3) is 17.1. The monoisotopic (exact) mass is 278 g/mol. The first kappa shape index (κ1) is 17.9. The van der Waals surface area contributed by atoms with Crippen molar-refractivity contribution < 1.29 is 0 Å². The van der Waals surface area contributed by atoms with Crippen molar-refractivity contribution in [2.24, 2.45) is 0 Å². The SMILES string of the molecule is Br.CCCCCCCCCCCCCC. The van der Waals surface area contributed by atoms with Crippen LogP contribution < -0.4 is 0 Å². The highest BCUT2D eigenvalue weighted by Gasteiger charge is 1.91. The molecule has 0 heterocycles. The van der Waals surface area contributed by atoms with Crippen LogP contribution in [0.5, 0.6) is 0 Å². The van der Waals surface area contributed by atoms with Crippen LogP contribution in [-0.2, 0) is 0 Å². The van der Waals surface area contributed by atoms with E-state index < -0.39 is 0 Å². The third-order valence-electron chi connectivity index (χ3n) is 2.96. The van der Waals surface area contributed by atoms with E-state index >= 15 is 0 Å². The van der Waals surface area contributed by atoms with E-state index in [-0.39, 0.29) is 17.0 Å². The predicted molar refractivity (Wildman–Crippen MR) is 77.1 cm³/mol. The Labute approximate surface area is 108 Å². The maximum Gasteiger partial charge on any atom is -0.0533 e. The molecule has 0 atom stereocenters. The Morgan fingerprint density at radius 1 is 0.400 bits per heavy atom. The molecule has 0 aliphatic rings. The molecule has 0 saturated heterocycles. The third-order valence-corrected chi connectivity index (χ3v) is 2.96. The maximum atomic E-state index is 2.29. The first-order valence-electron chi connectivity index (χ1n) is 6.91. The average Bonchev–Trinajstić information content (AvgIpc) is 2.21. The fraction of sp³-hybridized carbons (Fsp3) is 1.00. The van der Waals surface area contributed by atoms with Crippen LogP contribution in [0.2, 0.25) is 0 Å². The number of rotatable bonds is 11. The minimum atomic E-state index is 0. The highest BCUT2D eigenvalue weighted by molar-refractivity contribution is 8.93. The summed E-state index contributed by atoms with van der Waals surface area (Å²) < 4.78 is 0. The van der Waals surface area contributed by atoms with E-state index in [9.17, 15) is 0 Å². The Balaban J connectivity index is 0. The summed E-state index contributed by atoms with van der Waals surface area (Å²) in [5.41, 5.74) is 0. The molecule has 94 valence electrons. The Morgan fingerprint density at radius 3 is 0.800 bits per heavy atom. The van der Waals surface area contributed by atoms with Crippen molar-refractivity contribution in [3.8, 4) is 0 Å². The van der Waals surface area contributed by atoms with Gasteiger partial charge in [-0.2, -0.15) is 0 Å². The molecule has 0 aliphatic carbocycles. The molecule has 0 saturated carbocycles. The maximum absolute atomic E-state index is 2.29. The molecule has 0 nitrogen and oxygen atoms in total. The van der Waals surface area contributed by atoms with Crippen LogP contribution in [0.25, 0.3) is 0 Å². The Bertz CT molecular complexity index is 79.3. The van der Waals surface area contributed by atoms with Gasteiger partial charge in [0.2, 0.25) is 0 Å². The van der Waals surface area contributed by atoms with E-state index in [0.717, 1.165) is 0 Å². The summed E-state index contributed by atoms with van der Waals surface area (Å²) in [6.45, 7) is 4.57. The van der Waals surface area contributed by atoms with Crippen LogP contribution in [0.1, 0.15) is 90.9 Å². The number of unbranched alkanes of at least 4 members (excludes halogenated alkanes) is 11. The lowest BCUT2D eigenvalue weighted by molar-refractivity contribution is 0.548. The molecule has 0 rings (SSSR count). The van der Waals surface area contributed by atoms with Gasteiger partial charge in [-0.15, -0.1) is 17.0 Å². The molecular weight excluding hydrogens is 248 g/mol. The lowest BCUT2D eigenvalue weighted by Gasteiger charge is -2.01. The second-order valence-electron chi connectivity index (χ2n) is 4.54. The summed E-state index contributed by atoms with van der Waals surface area (Å²) in [5.74, 6) is 0. The van der Waals surface area contributed by atoms with Crippen molar-refractivity contribution in [3.05, 3.63) is 0 Å². The van der Waals surface area contributed by atoms with Crippen LogP contribution in [-0.4, -0.2) is 0 Å². The van der Waals surface area contributed by atoms with Gasteiger partial charge in [0.15, 0.2) is 0 Å². The molecule has 1 heteroatoms. The standard InChI is InChI=1S/C14H30.BrH/c1-3-5-7-9-11-13-14-12-10-8-6-4-2;/h3-14H2,1-2H3;1H. The molecule has 0 aliphatic heterocycles. The average molecular weight is 279 g/mol. The number of halogens is 1. The van der Waals surface area contributed by atoms with Crippen LogP contribution in [0.3, 0.4) is 0 Å². The van der Waals surface area contributed by atoms with Gasteiger partial charge in [0.05, 0.1) is 0 Å². The van der Waals surface area contributed by atoms with Crippen molar-refractivity contribution in [2.75, 3.05) is 0 Å². The lowest BCUT2D eigenvalue weighted by atomic mass is 10.1. The first-order chi connectivity index (χ1) is 6.91. The Hall–Kier alpha value is 0.480. The van der Waals surface area contributed by atoms with Crippen LogP contribution in [0.15, 0.2) is 0 Å². The largest absolute Gasteiger partial charge is 0.114 e. The summed E-state index contributed by atoms with van der Waals surface area (Å²) in [5, 5.41) is 0. The summed E-state index contributed by atoms with van der Waals surface area (Å²) >= 11 is 0. The van der Waals surface area contributed by atoms with Crippen LogP contribution >= 0.6 is 17.0 Å². The second-order valence-corrected chi connectivity index (χ2v) is 4.54. The van der Waals surface area contributed by atoms with Crippen molar-refractivity contribution in [1.29, 1.82) is 0 Å². The smallest absolute Gasteiger partial charge is 0.0533 e. The molecule has 0 unspecified atom stereocenters. The van der Waals surface area contributed by atoms with Gasteiger partial charge in [-0.05, 0) is 0 Å². The zero-order chi connectivity index (χ0) is 10.5. The Morgan fingerprint density at radius 2 is 0.600 bits per heavy atom. The number of hydrogen-bond donors (Lipinski definition) is 0. The van der Waals surface area contributed by atoms with E-state index in [0.29, 0.717) is 0 Å². The zero-order valence-corrected chi connectivity index (χ0v) is 12.6. The predicted octanol–water partition coefficient (Wildman–Crippen LogP) is 6.29.